The fourth-order valence-electron chi connectivity index (χ4n) is 3.69. The van der Waals surface area contributed by atoms with Gasteiger partial charge in [-0.15, -0.1) is 0 Å². The van der Waals surface area contributed by atoms with Gasteiger partial charge in [-0.2, -0.15) is 0 Å². The molecule has 0 radical (unpaired) electrons. The van der Waals surface area contributed by atoms with Crippen molar-refractivity contribution in [1.29, 1.82) is 0 Å². The highest BCUT2D eigenvalue weighted by Crippen LogP contribution is 2.30. The Morgan fingerprint density at radius 3 is 3.12 bits per heavy atom. The maximum Gasteiger partial charge on any atom is 0.153 e. The highest BCUT2D eigenvalue weighted by molar-refractivity contribution is 6.08. The van der Waals surface area contributed by atoms with E-state index in [0.717, 1.165) is 46.6 Å². The van der Waals surface area contributed by atoms with Gasteiger partial charge in [0, 0.05) is 23.5 Å². The summed E-state index contributed by atoms with van der Waals surface area (Å²) < 4.78 is 5.33. The molecule has 1 aliphatic heterocycles. The zero-order valence-electron chi connectivity index (χ0n) is 14.2. The summed E-state index contributed by atoms with van der Waals surface area (Å²) in [6.45, 7) is 5.46. The molecule has 1 aromatic carbocycles. The van der Waals surface area contributed by atoms with E-state index in [4.69, 9.17) is 4.74 Å². The second-order valence-corrected chi connectivity index (χ2v) is 6.29. The maximum atomic E-state index is 5.33. The molecule has 24 heavy (non-hydrogen) atoms. The Labute approximate surface area is 141 Å². The van der Waals surface area contributed by atoms with Crippen LogP contribution in [0.15, 0.2) is 24.5 Å². The molecule has 1 aliphatic rings. The lowest BCUT2D eigenvalue weighted by atomic mass is 10.2. The van der Waals surface area contributed by atoms with Crippen molar-refractivity contribution in [3.05, 3.63) is 24.5 Å². The van der Waals surface area contributed by atoms with Gasteiger partial charge in [-0.3, -0.25) is 4.90 Å². The van der Waals surface area contributed by atoms with E-state index in [2.05, 4.69) is 32.1 Å². The highest BCUT2D eigenvalue weighted by atomic mass is 16.5. The lowest BCUT2D eigenvalue weighted by molar-refractivity contribution is 0.277. The van der Waals surface area contributed by atoms with E-state index in [1.54, 1.807) is 13.4 Å². The number of aromatic amines is 1. The number of fused-ring (bicyclic) bond motifs is 3. The van der Waals surface area contributed by atoms with Crippen molar-refractivity contribution in [2.24, 2.45) is 0 Å². The van der Waals surface area contributed by atoms with Crippen molar-refractivity contribution in [2.75, 3.05) is 32.1 Å². The molecule has 2 N–H and O–H groups in total. The Bertz CT molecular complexity index is 859. The minimum Gasteiger partial charge on any atom is -0.497 e. The minimum absolute atomic E-state index is 0.587. The van der Waals surface area contributed by atoms with Gasteiger partial charge in [-0.1, -0.05) is 6.92 Å². The molecule has 3 heterocycles. The molecule has 1 saturated heterocycles. The van der Waals surface area contributed by atoms with Crippen LogP contribution in [0, 0.1) is 0 Å². The smallest absolute Gasteiger partial charge is 0.153 e. The SMILES string of the molecule is CCN1CCC[C@@H]1CNc1ncnc2c1[nH]c1ccc(OC)cc12. The summed E-state index contributed by atoms with van der Waals surface area (Å²) in [6, 6.07) is 6.58. The first-order valence-corrected chi connectivity index (χ1v) is 8.58. The Morgan fingerprint density at radius 1 is 1.38 bits per heavy atom. The van der Waals surface area contributed by atoms with Crippen LogP contribution in [-0.2, 0) is 0 Å². The van der Waals surface area contributed by atoms with Gasteiger partial charge >= 0.3 is 0 Å². The van der Waals surface area contributed by atoms with Crippen LogP contribution < -0.4 is 10.1 Å². The van der Waals surface area contributed by atoms with Crippen LogP contribution in [0.4, 0.5) is 5.82 Å². The van der Waals surface area contributed by atoms with Gasteiger partial charge in [-0.25, -0.2) is 9.97 Å². The fourth-order valence-corrected chi connectivity index (χ4v) is 3.69. The lowest BCUT2D eigenvalue weighted by Crippen LogP contribution is -2.34. The van der Waals surface area contributed by atoms with E-state index in [-0.39, 0.29) is 0 Å². The molecule has 1 atom stereocenters. The topological polar surface area (TPSA) is 66.1 Å². The third-order valence-corrected chi connectivity index (χ3v) is 5.00. The number of nitrogens with zero attached hydrogens (tertiary/aromatic N) is 3. The molecule has 0 saturated carbocycles. The summed E-state index contributed by atoms with van der Waals surface area (Å²) in [5.41, 5.74) is 2.94. The highest BCUT2D eigenvalue weighted by Gasteiger charge is 2.23. The van der Waals surface area contributed by atoms with E-state index in [9.17, 15) is 0 Å². The first kappa shape index (κ1) is 15.2. The number of likely N-dealkylation sites (N-methyl/N-ethyl adjacent to an activating group) is 1. The van der Waals surface area contributed by atoms with E-state index < -0.39 is 0 Å². The average molecular weight is 325 g/mol. The van der Waals surface area contributed by atoms with E-state index in [0.29, 0.717) is 6.04 Å². The number of nitrogens with one attached hydrogen (secondary N) is 2. The van der Waals surface area contributed by atoms with Crippen LogP contribution in [-0.4, -0.2) is 52.6 Å². The van der Waals surface area contributed by atoms with Crippen LogP contribution in [0.25, 0.3) is 21.9 Å². The summed E-state index contributed by atoms with van der Waals surface area (Å²) >= 11 is 0. The fraction of sp³-hybridized carbons (Fsp3) is 0.444. The second kappa shape index (κ2) is 6.28. The standard InChI is InChI=1S/C18H23N5O/c1-3-23-8-4-5-12(23)10-19-18-17-16(20-11-21-18)14-9-13(24-2)6-7-15(14)22-17/h6-7,9,11-12,22H,3-5,8,10H2,1-2H3,(H,19,20,21)/t12-/m1/s1. The van der Waals surface area contributed by atoms with Crippen LogP contribution in [0.1, 0.15) is 19.8 Å². The predicted octanol–water partition coefficient (Wildman–Crippen LogP) is 3.02. The quantitative estimate of drug-likeness (QED) is 0.755. The largest absolute Gasteiger partial charge is 0.497 e. The van der Waals surface area contributed by atoms with Gasteiger partial charge in [0.1, 0.15) is 23.1 Å². The summed E-state index contributed by atoms with van der Waals surface area (Å²) in [5, 5.41) is 4.59. The zero-order valence-corrected chi connectivity index (χ0v) is 14.2. The number of likely N-dealkylation sites (tertiary alicyclic amines) is 1. The summed E-state index contributed by atoms with van der Waals surface area (Å²) in [5.74, 6) is 1.71. The van der Waals surface area contributed by atoms with Gasteiger partial charge in [0.2, 0.25) is 0 Å². The normalized spacial score (nSPS) is 18.5. The maximum absolute atomic E-state index is 5.33. The number of anilines is 1. The molecule has 1 fully saturated rings. The van der Waals surface area contributed by atoms with Crippen molar-refractivity contribution < 1.29 is 4.74 Å². The van der Waals surface area contributed by atoms with Gasteiger partial charge in [-0.05, 0) is 44.1 Å². The molecule has 3 aromatic rings. The first-order chi connectivity index (χ1) is 11.8. The first-order valence-electron chi connectivity index (χ1n) is 8.58. The van der Waals surface area contributed by atoms with Gasteiger partial charge in [0.05, 0.1) is 7.11 Å². The molecule has 6 nitrogen and oxygen atoms in total. The number of H-pyrrole nitrogens is 1. The predicted molar refractivity (Wildman–Crippen MR) is 96.7 cm³/mol. The van der Waals surface area contributed by atoms with Crippen molar-refractivity contribution in [3.63, 3.8) is 0 Å². The molecule has 126 valence electrons. The third-order valence-electron chi connectivity index (χ3n) is 5.00. The molecule has 6 heteroatoms. The Kier molecular flexibility index (Phi) is 3.98. The molecular weight excluding hydrogens is 302 g/mol. The number of ether oxygens (including phenoxy) is 1. The van der Waals surface area contributed by atoms with Gasteiger partial charge in [0.25, 0.3) is 0 Å². The minimum atomic E-state index is 0.587. The number of methoxy groups -OCH3 is 1. The number of benzene rings is 1. The van der Waals surface area contributed by atoms with Crippen LogP contribution >= 0.6 is 0 Å². The summed E-state index contributed by atoms with van der Waals surface area (Å²) in [6.07, 6.45) is 4.16. The lowest BCUT2D eigenvalue weighted by Gasteiger charge is -2.23. The number of hydrogen-bond donors (Lipinski definition) is 2. The molecule has 0 spiro atoms. The second-order valence-electron chi connectivity index (χ2n) is 6.29. The monoisotopic (exact) mass is 325 g/mol. The Hall–Kier alpha value is -2.34. The molecular formula is C18H23N5O. The molecule has 0 aliphatic carbocycles. The zero-order chi connectivity index (χ0) is 16.5. The molecule has 2 aromatic heterocycles. The summed E-state index contributed by atoms with van der Waals surface area (Å²) in [7, 11) is 1.68. The van der Waals surface area contributed by atoms with Gasteiger partial charge in [0.15, 0.2) is 5.82 Å². The van der Waals surface area contributed by atoms with E-state index in [1.165, 1.54) is 19.4 Å². The van der Waals surface area contributed by atoms with Gasteiger partial charge < -0.3 is 15.0 Å². The Balaban J connectivity index is 1.66. The Morgan fingerprint density at radius 2 is 2.29 bits per heavy atom. The number of aromatic nitrogens is 3. The van der Waals surface area contributed by atoms with Crippen molar-refractivity contribution in [3.8, 4) is 5.75 Å². The number of rotatable bonds is 5. The van der Waals surface area contributed by atoms with Crippen LogP contribution in [0.5, 0.6) is 5.75 Å². The van der Waals surface area contributed by atoms with Crippen molar-refractivity contribution >= 4 is 27.8 Å². The van der Waals surface area contributed by atoms with Crippen molar-refractivity contribution in [1.82, 2.24) is 19.9 Å². The molecule has 0 amide bonds. The van der Waals surface area contributed by atoms with E-state index >= 15 is 0 Å². The molecule has 4 rings (SSSR count). The molecule has 0 bridgehead atoms. The third kappa shape index (κ3) is 2.57. The van der Waals surface area contributed by atoms with Crippen molar-refractivity contribution in [2.45, 2.75) is 25.8 Å². The molecule has 0 unspecified atom stereocenters. The summed E-state index contributed by atoms with van der Waals surface area (Å²) in [4.78, 5) is 14.9. The van der Waals surface area contributed by atoms with E-state index in [1.807, 2.05) is 18.2 Å². The average Bonchev–Trinajstić information content (AvgIpc) is 3.23. The number of hydrogen-bond acceptors (Lipinski definition) is 5. The van der Waals surface area contributed by atoms with Crippen LogP contribution in [0.2, 0.25) is 0 Å². The van der Waals surface area contributed by atoms with Crippen LogP contribution in [0.3, 0.4) is 0 Å².